The Labute approximate surface area is 111 Å². The van der Waals surface area contributed by atoms with Gasteiger partial charge < -0.3 is 14.4 Å². The molecule has 19 heavy (non-hydrogen) atoms. The average molecular weight is 260 g/mol. The maximum absolute atomic E-state index is 9.52. The molecule has 2 heterocycles. The van der Waals surface area contributed by atoms with E-state index in [-0.39, 0.29) is 5.75 Å². The van der Waals surface area contributed by atoms with E-state index in [0.717, 1.165) is 30.6 Å². The molecule has 1 saturated heterocycles. The zero-order valence-corrected chi connectivity index (χ0v) is 11.0. The smallest absolute Gasteiger partial charge is 0.258 e. The number of rotatable bonds is 2. The Kier molecular flexibility index (Phi) is 2.78. The quantitative estimate of drug-likeness (QED) is 0.899. The molecule has 0 bridgehead atoms. The molecule has 0 amide bonds. The van der Waals surface area contributed by atoms with Gasteiger partial charge in [0.25, 0.3) is 5.89 Å². The molecule has 1 unspecified atom stereocenters. The minimum Gasteiger partial charge on any atom is -0.508 e. The van der Waals surface area contributed by atoms with Crippen molar-refractivity contribution in [1.82, 2.24) is 10.1 Å². The topological polar surface area (TPSA) is 68.4 Å². The van der Waals surface area contributed by atoms with E-state index in [4.69, 9.17) is 9.26 Å². The predicted molar refractivity (Wildman–Crippen MR) is 68.7 cm³/mol. The van der Waals surface area contributed by atoms with E-state index in [2.05, 4.69) is 10.1 Å². The van der Waals surface area contributed by atoms with Crippen molar-refractivity contribution in [2.75, 3.05) is 6.61 Å². The molecule has 0 aliphatic carbocycles. The predicted octanol–water partition coefficient (Wildman–Crippen LogP) is 2.78. The lowest BCUT2D eigenvalue weighted by molar-refractivity contribution is 0.00768. The van der Waals surface area contributed by atoms with Crippen LogP contribution in [-0.2, 0) is 10.3 Å². The Balaban J connectivity index is 1.94. The van der Waals surface area contributed by atoms with Gasteiger partial charge in [0.1, 0.15) is 11.4 Å². The van der Waals surface area contributed by atoms with Crippen molar-refractivity contribution in [2.45, 2.75) is 32.3 Å². The number of phenolic OH excluding ortho intramolecular Hbond substituents is 1. The van der Waals surface area contributed by atoms with Crippen LogP contribution >= 0.6 is 0 Å². The van der Waals surface area contributed by atoms with E-state index >= 15 is 0 Å². The Morgan fingerprint density at radius 3 is 2.89 bits per heavy atom. The third kappa shape index (κ3) is 2.10. The van der Waals surface area contributed by atoms with Crippen LogP contribution in [0, 0.1) is 6.92 Å². The highest BCUT2D eigenvalue weighted by Crippen LogP contribution is 2.35. The molecule has 1 atom stereocenters. The summed E-state index contributed by atoms with van der Waals surface area (Å²) in [4.78, 5) is 4.42. The fourth-order valence-corrected chi connectivity index (χ4v) is 2.30. The maximum atomic E-state index is 9.52. The standard InChI is InChI=1S/C14H16N2O3/c1-9-8-10(4-5-11(9)17)12-15-13(16-19-12)14(2)6-3-7-18-14/h4-5,8,17H,3,6-7H2,1-2H3. The molecule has 5 heteroatoms. The Hall–Kier alpha value is -1.88. The highest BCUT2D eigenvalue weighted by molar-refractivity contribution is 5.56. The van der Waals surface area contributed by atoms with Crippen molar-refractivity contribution in [3.63, 3.8) is 0 Å². The third-order valence-corrected chi connectivity index (χ3v) is 3.56. The maximum Gasteiger partial charge on any atom is 0.258 e. The summed E-state index contributed by atoms with van der Waals surface area (Å²) in [6.07, 6.45) is 1.92. The van der Waals surface area contributed by atoms with Crippen molar-refractivity contribution >= 4 is 0 Å². The van der Waals surface area contributed by atoms with E-state index in [1.54, 1.807) is 12.1 Å². The number of ether oxygens (including phenoxy) is 1. The molecule has 2 aromatic rings. The van der Waals surface area contributed by atoms with Gasteiger partial charge in [-0.05, 0) is 50.5 Å². The summed E-state index contributed by atoms with van der Waals surface area (Å²) in [5, 5.41) is 13.5. The van der Waals surface area contributed by atoms with Crippen LogP contribution in [0.4, 0.5) is 0 Å². The molecule has 1 aromatic carbocycles. The number of benzene rings is 1. The first kappa shape index (κ1) is 12.2. The van der Waals surface area contributed by atoms with Crippen molar-refractivity contribution < 1.29 is 14.4 Å². The number of aromatic nitrogens is 2. The van der Waals surface area contributed by atoms with Crippen LogP contribution in [0.15, 0.2) is 22.7 Å². The second-order valence-corrected chi connectivity index (χ2v) is 5.11. The van der Waals surface area contributed by atoms with Crippen LogP contribution < -0.4 is 0 Å². The summed E-state index contributed by atoms with van der Waals surface area (Å²) in [7, 11) is 0. The lowest BCUT2D eigenvalue weighted by Crippen LogP contribution is -2.21. The van der Waals surface area contributed by atoms with Gasteiger partial charge in [-0.25, -0.2) is 0 Å². The zero-order chi connectivity index (χ0) is 13.5. The fourth-order valence-electron chi connectivity index (χ4n) is 2.30. The lowest BCUT2D eigenvalue weighted by Gasteiger charge is -2.17. The summed E-state index contributed by atoms with van der Waals surface area (Å²) in [5.41, 5.74) is 1.14. The van der Waals surface area contributed by atoms with Crippen LogP contribution in [0.5, 0.6) is 5.75 Å². The molecule has 0 spiro atoms. The number of nitrogens with zero attached hydrogens (tertiary/aromatic N) is 2. The third-order valence-electron chi connectivity index (χ3n) is 3.56. The van der Waals surface area contributed by atoms with Crippen LogP contribution in [0.25, 0.3) is 11.5 Å². The van der Waals surface area contributed by atoms with Crippen molar-refractivity contribution in [3.05, 3.63) is 29.6 Å². The van der Waals surface area contributed by atoms with Gasteiger partial charge in [-0.15, -0.1) is 0 Å². The Morgan fingerprint density at radius 1 is 1.37 bits per heavy atom. The first-order valence-electron chi connectivity index (χ1n) is 6.37. The van der Waals surface area contributed by atoms with E-state index in [1.165, 1.54) is 0 Å². The van der Waals surface area contributed by atoms with Crippen molar-refractivity contribution in [2.24, 2.45) is 0 Å². The number of hydrogen-bond donors (Lipinski definition) is 1. The first-order chi connectivity index (χ1) is 9.08. The molecule has 1 aromatic heterocycles. The molecule has 5 nitrogen and oxygen atoms in total. The van der Waals surface area contributed by atoms with Gasteiger partial charge in [-0.2, -0.15) is 4.98 Å². The van der Waals surface area contributed by atoms with Crippen LogP contribution in [0.2, 0.25) is 0 Å². The molecule has 1 aliphatic rings. The van der Waals surface area contributed by atoms with Gasteiger partial charge in [-0.1, -0.05) is 5.16 Å². The van der Waals surface area contributed by atoms with Crippen LogP contribution in [0.1, 0.15) is 31.2 Å². The number of phenols is 1. The highest BCUT2D eigenvalue weighted by atomic mass is 16.5. The number of aromatic hydroxyl groups is 1. The molecule has 100 valence electrons. The molecular formula is C14H16N2O3. The monoisotopic (exact) mass is 260 g/mol. The second-order valence-electron chi connectivity index (χ2n) is 5.11. The average Bonchev–Trinajstić information content (AvgIpc) is 3.02. The first-order valence-corrected chi connectivity index (χ1v) is 6.37. The minimum atomic E-state index is -0.437. The molecule has 1 aliphatic heterocycles. The van der Waals surface area contributed by atoms with Crippen LogP contribution in [0.3, 0.4) is 0 Å². The summed E-state index contributed by atoms with van der Waals surface area (Å²) in [6.45, 7) is 4.55. The van der Waals surface area contributed by atoms with E-state index < -0.39 is 5.60 Å². The summed E-state index contributed by atoms with van der Waals surface area (Å²) >= 11 is 0. The van der Waals surface area contributed by atoms with Gasteiger partial charge in [0.05, 0.1) is 0 Å². The van der Waals surface area contributed by atoms with Gasteiger partial charge in [-0.3, -0.25) is 0 Å². The fraction of sp³-hybridized carbons (Fsp3) is 0.429. The lowest BCUT2D eigenvalue weighted by atomic mass is 10.0. The Bertz CT molecular complexity index is 600. The molecular weight excluding hydrogens is 244 g/mol. The molecule has 0 saturated carbocycles. The zero-order valence-electron chi connectivity index (χ0n) is 11.0. The van der Waals surface area contributed by atoms with Crippen molar-refractivity contribution in [3.8, 4) is 17.2 Å². The Morgan fingerprint density at radius 2 is 2.21 bits per heavy atom. The molecule has 3 rings (SSSR count). The van der Waals surface area contributed by atoms with Gasteiger partial charge >= 0.3 is 0 Å². The minimum absolute atomic E-state index is 0.259. The largest absolute Gasteiger partial charge is 0.508 e. The molecule has 0 radical (unpaired) electrons. The highest BCUT2D eigenvalue weighted by Gasteiger charge is 2.36. The normalized spacial score (nSPS) is 22.8. The summed E-state index contributed by atoms with van der Waals surface area (Å²) in [5.74, 6) is 1.30. The van der Waals surface area contributed by atoms with Gasteiger partial charge in [0.2, 0.25) is 5.82 Å². The van der Waals surface area contributed by atoms with Crippen molar-refractivity contribution in [1.29, 1.82) is 0 Å². The summed E-state index contributed by atoms with van der Waals surface area (Å²) < 4.78 is 11.0. The molecule has 1 N–H and O–H groups in total. The van der Waals surface area contributed by atoms with E-state index in [0.29, 0.717) is 11.7 Å². The number of hydrogen-bond acceptors (Lipinski definition) is 5. The van der Waals surface area contributed by atoms with Crippen LogP contribution in [-0.4, -0.2) is 21.9 Å². The number of aryl methyl sites for hydroxylation is 1. The van der Waals surface area contributed by atoms with Gasteiger partial charge in [0, 0.05) is 12.2 Å². The molecule has 1 fully saturated rings. The SMILES string of the molecule is Cc1cc(-c2nc(C3(C)CCCO3)no2)ccc1O. The second kappa shape index (κ2) is 4.35. The van der Waals surface area contributed by atoms with E-state index in [1.807, 2.05) is 19.9 Å². The van der Waals surface area contributed by atoms with Gasteiger partial charge in [0.15, 0.2) is 0 Å². The summed E-state index contributed by atoms with van der Waals surface area (Å²) in [6, 6.07) is 5.21. The van der Waals surface area contributed by atoms with E-state index in [9.17, 15) is 5.11 Å².